The van der Waals surface area contributed by atoms with Crippen LogP contribution in [-0.2, 0) is 6.42 Å². The number of nitrogen functional groups attached to an aromatic ring is 1. The Morgan fingerprint density at radius 2 is 2.11 bits per heavy atom. The van der Waals surface area contributed by atoms with Gasteiger partial charge in [-0.15, -0.1) is 0 Å². The van der Waals surface area contributed by atoms with Gasteiger partial charge < -0.3 is 10.1 Å². The third kappa shape index (κ3) is 1.74. The lowest BCUT2D eigenvalue weighted by atomic mass is 10.1. The predicted octanol–water partition coefficient (Wildman–Crippen LogP) is 3.15. The van der Waals surface area contributed by atoms with E-state index >= 15 is 0 Å². The van der Waals surface area contributed by atoms with Crippen molar-refractivity contribution >= 4 is 11.3 Å². The highest BCUT2D eigenvalue weighted by molar-refractivity contribution is 5.68. The number of aromatic nitrogens is 2. The van der Waals surface area contributed by atoms with Crippen molar-refractivity contribution in [2.75, 3.05) is 5.73 Å². The second-order valence-corrected chi connectivity index (χ2v) is 4.36. The summed E-state index contributed by atoms with van der Waals surface area (Å²) in [5, 5.41) is 0. The van der Waals surface area contributed by atoms with Crippen molar-refractivity contribution in [1.82, 2.24) is 9.38 Å². The minimum Gasteiger partial charge on any atom is -0.398 e. The van der Waals surface area contributed by atoms with Gasteiger partial charge in [-0.05, 0) is 30.2 Å². The summed E-state index contributed by atoms with van der Waals surface area (Å²) in [4.78, 5) is 4.59. The maximum Gasteiger partial charge on any atom is 0.137 e. The number of hydrogen-bond acceptors (Lipinski definition) is 2. The van der Waals surface area contributed by atoms with Crippen molar-refractivity contribution < 1.29 is 0 Å². The van der Waals surface area contributed by atoms with Gasteiger partial charge in [0.1, 0.15) is 5.65 Å². The molecule has 0 saturated carbocycles. The third-order valence-corrected chi connectivity index (χ3v) is 3.19. The first-order chi connectivity index (χ1) is 8.78. The molecule has 0 bridgehead atoms. The van der Waals surface area contributed by atoms with Crippen LogP contribution in [0.1, 0.15) is 12.5 Å². The number of hydrogen-bond donors (Lipinski definition) is 1. The van der Waals surface area contributed by atoms with Gasteiger partial charge in [0, 0.05) is 23.6 Å². The summed E-state index contributed by atoms with van der Waals surface area (Å²) in [5.41, 5.74) is 11.0. The fourth-order valence-corrected chi connectivity index (χ4v) is 2.15. The van der Waals surface area contributed by atoms with Gasteiger partial charge in [0.2, 0.25) is 0 Å². The molecule has 90 valence electrons. The van der Waals surface area contributed by atoms with Crippen molar-refractivity contribution in [1.29, 1.82) is 0 Å². The van der Waals surface area contributed by atoms with Gasteiger partial charge >= 0.3 is 0 Å². The van der Waals surface area contributed by atoms with Gasteiger partial charge in [0.25, 0.3) is 0 Å². The smallest absolute Gasteiger partial charge is 0.137 e. The monoisotopic (exact) mass is 237 g/mol. The number of pyridine rings is 1. The first kappa shape index (κ1) is 10.8. The summed E-state index contributed by atoms with van der Waals surface area (Å²) < 4.78 is 2.01. The summed E-state index contributed by atoms with van der Waals surface area (Å²) in [6.45, 7) is 2.11. The molecule has 3 rings (SSSR count). The number of aryl methyl sites for hydroxylation is 1. The lowest BCUT2D eigenvalue weighted by molar-refractivity contribution is 1.14. The highest BCUT2D eigenvalue weighted by Gasteiger charge is 2.05. The molecule has 0 spiro atoms. The van der Waals surface area contributed by atoms with Crippen molar-refractivity contribution in [2.45, 2.75) is 13.3 Å². The van der Waals surface area contributed by atoms with E-state index in [1.54, 1.807) is 0 Å². The summed E-state index contributed by atoms with van der Waals surface area (Å²) in [6.07, 6.45) is 4.97. The van der Waals surface area contributed by atoms with Crippen molar-refractivity contribution in [3.05, 3.63) is 54.4 Å². The molecule has 0 saturated heterocycles. The van der Waals surface area contributed by atoms with Gasteiger partial charge in [0.05, 0.1) is 5.69 Å². The van der Waals surface area contributed by atoms with Crippen LogP contribution in [0.15, 0.2) is 48.8 Å². The maximum atomic E-state index is 6.03. The van der Waals surface area contributed by atoms with E-state index in [4.69, 9.17) is 5.73 Å². The summed E-state index contributed by atoms with van der Waals surface area (Å²) >= 11 is 0. The number of imidazole rings is 1. The minimum atomic E-state index is 0.840. The number of nitrogens with zero attached hydrogens (tertiary/aromatic N) is 2. The number of nitrogens with two attached hydrogens (primary N) is 1. The van der Waals surface area contributed by atoms with E-state index in [0.717, 1.165) is 29.0 Å². The second-order valence-electron chi connectivity index (χ2n) is 4.36. The SMILES string of the molecule is CCc1ccc(-c2cn3ccccc3n2)cc1N. The molecule has 3 heteroatoms. The average Bonchev–Trinajstić information content (AvgIpc) is 2.82. The highest BCUT2D eigenvalue weighted by atomic mass is 15.0. The molecular formula is C15H15N3. The lowest BCUT2D eigenvalue weighted by Crippen LogP contribution is -1.93. The molecule has 2 heterocycles. The van der Waals surface area contributed by atoms with E-state index in [-0.39, 0.29) is 0 Å². The molecule has 2 N–H and O–H groups in total. The van der Waals surface area contributed by atoms with Crippen molar-refractivity contribution in [3.63, 3.8) is 0 Å². The normalized spacial score (nSPS) is 10.9. The van der Waals surface area contributed by atoms with E-state index in [1.807, 2.05) is 41.1 Å². The minimum absolute atomic E-state index is 0.840. The van der Waals surface area contributed by atoms with Gasteiger partial charge in [-0.2, -0.15) is 0 Å². The molecule has 0 aliphatic rings. The van der Waals surface area contributed by atoms with Crippen LogP contribution in [0, 0.1) is 0 Å². The average molecular weight is 237 g/mol. The van der Waals surface area contributed by atoms with Crippen LogP contribution in [0.2, 0.25) is 0 Å². The van der Waals surface area contributed by atoms with Gasteiger partial charge in [0.15, 0.2) is 0 Å². The molecule has 0 unspecified atom stereocenters. The van der Waals surface area contributed by atoms with Gasteiger partial charge in [-0.25, -0.2) is 4.98 Å². The molecule has 0 atom stereocenters. The largest absolute Gasteiger partial charge is 0.398 e. The van der Waals surface area contributed by atoms with Crippen LogP contribution in [0.5, 0.6) is 0 Å². The van der Waals surface area contributed by atoms with E-state index in [1.165, 1.54) is 5.56 Å². The molecule has 0 aliphatic heterocycles. The predicted molar refractivity (Wildman–Crippen MR) is 74.4 cm³/mol. The molecule has 0 amide bonds. The lowest BCUT2D eigenvalue weighted by Gasteiger charge is -2.04. The van der Waals surface area contributed by atoms with Crippen LogP contribution in [-0.4, -0.2) is 9.38 Å². The van der Waals surface area contributed by atoms with Gasteiger partial charge in [-0.3, -0.25) is 0 Å². The fourth-order valence-electron chi connectivity index (χ4n) is 2.15. The summed E-state index contributed by atoms with van der Waals surface area (Å²) in [7, 11) is 0. The molecule has 18 heavy (non-hydrogen) atoms. The Hall–Kier alpha value is -2.29. The fraction of sp³-hybridized carbons (Fsp3) is 0.133. The Kier molecular flexibility index (Phi) is 2.52. The topological polar surface area (TPSA) is 43.3 Å². The summed E-state index contributed by atoms with van der Waals surface area (Å²) in [6, 6.07) is 12.1. The molecule has 2 aromatic heterocycles. The van der Waals surface area contributed by atoms with Crippen molar-refractivity contribution in [3.8, 4) is 11.3 Å². The van der Waals surface area contributed by atoms with E-state index in [0.29, 0.717) is 0 Å². The van der Waals surface area contributed by atoms with E-state index in [9.17, 15) is 0 Å². The second kappa shape index (κ2) is 4.18. The first-order valence-electron chi connectivity index (χ1n) is 6.10. The Balaban J connectivity index is 2.11. The molecule has 3 nitrogen and oxygen atoms in total. The molecule has 0 aliphatic carbocycles. The maximum absolute atomic E-state index is 6.03. The quantitative estimate of drug-likeness (QED) is 0.696. The van der Waals surface area contributed by atoms with Crippen LogP contribution < -0.4 is 5.73 Å². The molecular weight excluding hydrogens is 222 g/mol. The first-order valence-corrected chi connectivity index (χ1v) is 6.10. The Labute approximate surface area is 106 Å². The third-order valence-electron chi connectivity index (χ3n) is 3.19. The molecule has 0 radical (unpaired) electrons. The van der Waals surface area contributed by atoms with Gasteiger partial charge in [-0.1, -0.05) is 25.1 Å². The zero-order valence-corrected chi connectivity index (χ0v) is 10.3. The number of anilines is 1. The Morgan fingerprint density at radius 3 is 2.83 bits per heavy atom. The number of rotatable bonds is 2. The standard InChI is InChI=1S/C15H15N3/c1-2-11-6-7-12(9-13(11)16)14-10-18-8-4-3-5-15(18)17-14/h3-10H,2,16H2,1H3. The Morgan fingerprint density at radius 1 is 1.22 bits per heavy atom. The highest BCUT2D eigenvalue weighted by Crippen LogP contribution is 2.24. The van der Waals surface area contributed by atoms with Crippen LogP contribution >= 0.6 is 0 Å². The zero-order valence-electron chi connectivity index (χ0n) is 10.3. The van der Waals surface area contributed by atoms with Crippen LogP contribution in [0.4, 0.5) is 5.69 Å². The molecule has 1 aromatic carbocycles. The van der Waals surface area contributed by atoms with Crippen LogP contribution in [0.25, 0.3) is 16.9 Å². The van der Waals surface area contributed by atoms with Crippen molar-refractivity contribution in [2.24, 2.45) is 0 Å². The van der Waals surface area contributed by atoms with E-state index in [2.05, 4.69) is 24.0 Å². The number of benzene rings is 1. The number of fused-ring (bicyclic) bond motifs is 1. The van der Waals surface area contributed by atoms with E-state index < -0.39 is 0 Å². The molecule has 0 fully saturated rings. The van der Waals surface area contributed by atoms with Crippen LogP contribution in [0.3, 0.4) is 0 Å². The zero-order chi connectivity index (χ0) is 12.5. The summed E-state index contributed by atoms with van der Waals surface area (Å²) in [5.74, 6) is 0. The molecule has 3 aromatic rings. The Bertz CT molecular complexity index is 665.